The van der Waals surface area contributed by atoms with Crippen LogP contribution >= 0.6 is 0 Å². The van der Waals surface area contributed by atoms with Gasteiger partial charge in [-0.05, 0) is 30.9 Å². The third-order valence-electron chi connectivity index (χ3n) is 2.32. The van der Waals surface area contributed by atoms with Crippen molar-refractivity contribution in [3.63, 3.8) is 0 Å². The molecule has 0 atom stereocenters. The van der Waals surface area contributed by atoms with Crippen molar-refractivity contribution in [3.05, 3.63) is 29.3 Å². The quantitative estimate of drug-likeness (QED) is 0.707. The second kappa shape index (κ2) is 4.96. The SMILES string of the molecule is COc1cc(C(C)=O)ccc1CC(C)C. The van der Waals surface area contributed by atoms with Crippen molar-refractivity contribution < 1.29 is 9.53 Å². The zero-order valence-electron chi connectivity index (χ0n) is 9.83. The van der Waals surface area contributed by atoms with Crippen LogP contribution in [0.1, 0.15) is 36.7 Å². The highest BCUT2D eigenvalue weighted by Gasteiger charge is 2.08. The van der Waals surface area contributed by atoms with Gasteiger partial charge in [0.15, 0.2) is 5.78 Å². The maximum atomic E-state index is 11.2. The van der Waals surface area contributed by atoms with Crippen LogP contribution in [0.3, 0.4) is 0 Å². The first-order valence-electron chi connectivity index (χ1n) is 5.22. The van der Waals surface area contributed by atoms with Crippen molar-refractivity contribution in [2.75, 3.05) is 7.11 Å². The van der Waals surface area contributed by atoms with E-state index in [0.29, 0.717) is 11.5 Å². The summed E-state index contributed by atoms with van der Waals surface area (Å²) in [7, 11) is 1.64. The molecule has 0 saturated heterocycles. The molecule has 1 rings (SSSR count). The van der Waals surface area contributed by atoms with E-state index in [2.05, 4.69) is 13.8 Å². The van der Waals surface area contributed by atoms with Gasteiger partial charge in [-0.15, -0.1) is 0 Å². The van der Waals surface area contributed by atoms with E-state index in [4.69, 9.17) is 4.74 Å². The second-order valence-electron chi connectivity index (χ2n) is 4.18. The number of benzene rings is 1. The van der Waals surface area contributed by atoms with Crippen LogP contribution < -0.4 is 4.74 Å². The fourth-order valence-corrected chi connectivity index (χ4v) is 1.57. The maximum Gasteiger partial charge on any atom is 0.159 e. The predicted molar refractivity (Wildman–Crippen MR) is 61.5 cm³/mol. The third kappa shape index (κ3) is 3.08. The molecule has 0 aliphatic carbocycles. The lowest BCUT2D eigenvalue weighted by Gasteiger charge is -2.11. The van der Waals surface area contributed by atoms with E-state index in [1.54, 1.807) is 14.0 Å². The number of hydrogen-bond donors (Lipinski definition) is 0. The number of rotatable bonds is 4. The van der Waals surface area contributed by atoms with Gasteiger partial charge in [0.2, 0.25) is 0 Å². The molecule has 2 heteroatoms. The molecular weight excluding hydrogens is 188 g/mol. The van der Waals surface area contributed by atoms with Gasteiger partial charge in [0, 0.05) is 5.56 Å². The van der Waals surface area contributed by atoms with Gasteiger partial charge in [0.25, 0.3) is 0 Å². The van der Waals surface area contributed by atoms with Crippen LogP contribution in [0, 0.1) is 5.92 Å². The van der Waals surface area contributed by atoms with Crippen LogP contribution in [0.2, 0.25) is 0 Å². The Morgan fingerprint density at radius 1 is 1.40 bits per heavy atom. The number of hydrogen-bond acceptors (Lipinski definition) is 2. The van der Waals surface area contributed by atoms with Gasteiger partial charge in [-0.1, -0.05) is 26.0 Å². The Bertz CT molecular complexity index is 354. The summed E-state index contributed by atoms with van der Waals surface area (Å²) in [5.41, 5.74) is 1.87. The van der Waals surface area contributed by atoms with E-state index in [1.165, 1.54) is 0 Å². The summed E-state index contributed by atoms with van der Waals surface area (Å²) in [4.78, 5) is 11.2. The average molecular weight is 206 g/mol. The fourth-order valence-electron chi connectivity index (χ4n) is 1.57. The normalized spacial score (nSPS) is 10.5. The van der Waals surface area contributed by atoms with E-state index in [0.717, 1.165) is 17.7 Å². The Labute approximate surface area is 91.3 Å². The molecule has 0 aliphatic heterocycles. The molecule has 2 nitrogen and oxygen atoms in total. The molecule has 0 unspecified atom stereocenters. The van der Waals surface area contributed by atoms with Crippen LogP contribution in [0.5, 0.6) is 5.75 Å². The summed E-state index contributed by atoms with van der Waals surface area (Å²) < 4.78 is 5.28. The lowest BCUT2D eigenvalue weighted by atomic mass is 10.00. The third-order valence-corrected chi connectivity index (χ3v) is 2.32. The van der Waals surface area contributed by atoms with Gasteiger partial charge in [-0.25, -0.2) is 0 Å². The summed E-state index contributed by atoms with van der Waals surface area (Å²) in [6, 6.07) is 5.66. The standard InChI is InChI=1S/C13H18O2/c1-9(2)7-12-6-5-11(10(3)14)8-13(12)15-4/h5-6,8-9H,7H2,1-4H3. The Hall–Kier alpha value is -1.31. The average Bonchev–Trinajstić information content (AvgIpc) is 2.17. The highest BCUT2D eigenvalue weighted by atomic mass is 16.5. The largest absolute Gasteiger partial charge is 0.496 e. The minimum atomic E-state index is 0.0735. The van der Waals surface area contributed by atoms with Gasteiger partial charge in [0.1, 0.15) is 5.75 Å². The van der Waals surface area contributed by atoms with Crippen LogP contribution in [-0.4, -0.2) is 12.9 Å². The molecule has 1 aromatic carbocycles. The van der Waals surface area contributed by atoms with Crippen molar-refractivity contribution in [2.45, 2.75) is 27.2 Å². The molecule has 0 spiro atoms. The molecule has 0 N–H and O–H groups in total. The first kappa shape index (κ1) is 11.8. The maximum absolute atomic E-state index is 11.2. The van der Waals surface area contributed by atoms with Crippen LogP contribution in [0.15, 0.2) is 18.2 Å². The number of carbonyl (C=O) groups excluding carboxylic acids is 1. The molecule has 15 heavy (non-hydrogen) atoms. The minimum Gasteiger partial charge on any atom is -0.496 e. The van der Waals surface area contributed by atoms with Gasteiger partial charge < -0.3 is 4.74 Å². The summed E-state index contributed by atoms with van der Waals surface area (Å²) >= 11 is 0. The van der Waals surface area contributed by atoms with Crippen molar-refractivity contribution in [2.24, 2.45) is 5.92 Å². The lowest BCUT2D eigenvalue weighted by Crippen LogP contribution is -2.00. The first-order chi connectivity index (χ1) is 7.04. The summed E-state index contributed by atoms with van der Waals surface area (Å²) in [5.74, 6) is 1.47. The van der Waals surface area contributed by atoms with Gasteiger partial charge in [-0.2, -0.15) is 0 Å². The predicted octanol–water partition coefficient (Wildman–Crippen LogP) is 3.10. The molecule has 0 aliphatic rings. The Kier molecular flexibility index (Phi) is 3.89. The number of Topliss-reactive ketones (excluding diaryl/α,β-unsaturated/α-hetero) is 1. The monoisotopic (exact) mass is 206 g/mol. The van der Waals surface area contributed by atoms with Gasteiger partial charge in [0.05, 0.1) is 7.11 Å². The van der Waals surface area contributed by atoms with Gasteiger partial charge in [-0.3, -0.25) is 4.79 Å². The highest BCUT2D eigenvalue weighted by molar-refractivity contribution is 5.94. The molecule has 0 saturated carbocycles. The number of methoxy groups -OCH3 is 1. The summed E-state index contributed by atoms with van der Waals surface area (Å²) in [5, 5.41) is 0. The molecule has 1 aromatic rings. The topological polar surface area (TPSA) is 26.3 Å². The Morgan fingerprint density at radius 3 is 2.53 bits per heavy atom. The zero-order chi connectivity index (χ0) is 11.4. The molecular formula is C13H18O2. The highest BCUT2D eigenvalue weighted by Crippen LogP contribution is 2.23. The number of carbonyl (C=O) groups is 1. The smallest absolute Gasteiger partial charge is 0.159 e. The molecule has 0 heterocycles. The van der Waals surface area contributed by atoms with Crippen molar-refractivity contribution in [1.29, 1.82) is 0 Å². The van der Waals surface area contributed by atoms with Crippen LogP contribution in [0.25, 0.3) is 0 Å². The van der Waals surface area contributed by atoms with Crippen molar-refractivity contribution in [3.8, 4) is 5.75 Å². The van der Waals surface area contributed by atoms with E-state index in [9.17, 15) is 4.79 Å². The van der Waals surface area contributed by atoms with Crippen LogP contribution in [-0.2, 0) is 6.42 Å². The van der Waals surface area contributed by atoms with E-state index in [1.807, 2.05) is 18.2 Å². The number of ether oxygens (including phenoxy) is 1. The van der Waals surface area contributed by atoms with E-state index < -0.39 is 0 Å². The second-order valence-corrected chi connectivity index (χ2v) is 4.18. The molecule has 0 aromatic heterocycles. The lowest BCUT2D eigenvalue weighted by molar-refractivity contribution is 0.101. The molecule has 0 radical (unpaired) electrons. The Balaban J connectivity index is 3.03. The Morgan fingerprint density at radius 2 is 2.07 bits per heavy atom. The molecule has 0 bridgehead atoms. The minimum absolute atomic E-state index is 0.0735. The number of ketones is 1. The van der Waals surface area contributed by atoms with E-state index >= 15 is 0 Å². The molecule has 82 valence electrons. The van der Waals surface area contributed by atoms with Crippen LogP contribution in [0.4, 0.5) is 0 Å². The first-order valence-corrected chi connectivity index (χ1v) is 5.22. The van der Waals surface area contributed by atoms with E-state index in [-0.39, 0.29) is 5.78 Å². The summed E-state index contributed by atoms with van der Waals surface area (Å²) in [6.07, 6.45) is 0.974. The van der Waals surface area contributed by atoms with Crippen molar-refractivity contribution in [1.82, 2.24) is 0 Å². The zero-order valence-corrected chi connectivity index (χ0v) is 9.83. The van der Waals surface area contributed by atoms with Crippen molar-refractivity contribution >= 4 is 5.78 Å². The molecule has 0 amide bonds. The van der Waals surface area contributed by atoms with Gasteiger partial charge >= 0.3 is 0 Å². The molecule has 0 fully saturated rings. The fraction of sp³-hybridized carbons (Fsp3) is 0.462. The summed E-state index contributed by atoms with van der Waals surface area (Å²) in [6.45, 7) is 5.90.